The van der Waals surface area contributed by atoms with Crippen LogP contribution in [0, 0.1) is 0 Å². The van der Waals surface area contributed by atoms with Crippen molar-refractivity contribution >= 4 is 63.1 Å². The van der Waals surface area contributed by atoms with Gasteiger partial charge in [-0.1, -0.05) is 11.8 Å². The Morgan fingerprint density at radius 3 is 2.69 bits per heavy atom. The first kappa shape index (κ1) is 28.5. The summed E-state index contributed by atoms with van der Waals surface area (Å²) in [7, 11) is -3.39. The fraction of sp³-hybridized carbons (Fsp3) is 0.625. The normalized spacial score (nSPS) is 20.2. The number of thioether (sulfide) groups is 3. The lowest BCUT2D eigenvalue weighted by atomic mass is 10.0. The molecule has 0 saturated carbocycles. The second-order valence-electron chi connectivity index (χ2n) is 7.46. The van der Waals surface area contributed by atoms with Crippen LogP contribution in [0.5, 0.6) is 0 Å². The monoisotopic (exact) mass is 591 g/mol. The predicted molar refractivity (Wildman–Crippen MR) is 124 cm³/mol. The van der Waals surface area contributed by atoms with Crippen molar-refractivity contribution in [3.63, 3.8) is 0 Å². The molecule has 2 aliphatic heterocycles. The van der Waals surface area contributed by atoms with E-state index in [-0.39, 0.29) is 30.3 Å². The van der Waals surface area contributed by atoms with Crippen LogP contribution in [-0.4, -0.2) is 110 Å². The molecule has 36 heavy (non-hydrogen) atoms. The van der Waals surface area contributed by atoms with Gasteiger partial charge in [0.05, 0.1) is 24.3 Å². The summed E-state index contributed by atoms with van der Waals surface area (Å²) >= 11 is 2.69. The molecule has 0 bridgehead atoms. The number of aromatic nitrogens is 4. The predicted octanol–water partition coefficient (Wildman–Crippen LogP) is -0.651. The number of sulfonamides is 1. The van der Waals surface area contributed by atoms with Crippen LogP contribution in [0.25, 0.3) is 0 Å². The number of hydrogen-bond acceptors (Lipinski definition) is 11. The van der Waals surface area contributed by atoms with Gasteiger partial charge in [0.25, 0.3) is 5.91 Å². The van der Waals surface area contributed by atoms with E-state index < -0.39 is 56.9 Å². The molecule has 1 aromatic heterocycles. The Bertz CT molecular complexity index is 1160. The van der Waals surface area contributed by atoms with Gasteiger partial charge in [0.15, 0.2) is 0 Å². The van der Waals surface area contributed by atoms with Crippen molar-refractivity contribution in [3.8, 4) is 0 Å². The first-order chi connectivity index (χ1) is 16.8. The van der Waals surface area contributed by atoms with E-state index in [9.17, 15) is 41.1 Å². The largest absolute Gasteiger partial charge is 0.477 e. The molecule has 2 amide bonds. The number of carbonyl (C=O) groups excluding carboxylic acids is 2. The van der Waals surface area contributed by atoms with Crippen molar-refractivity contribution in [1.29, 1.82) is 0 Å². The Balaban J connectivity index is 1.60. The van der Waals surface area contributed by atoms with Crippen molar-refractivity contribution in [3.05, 3.63) is 11.3 Å². The van der Waals surface area contributed by atoms with Gasteiger partial charge in [-0.15, -0.1) is 28.6 Å². The molecule has 3 N–H and O–H groups in total. The highest BCUT2D eigenvalue weighted by atomic mass is 32.2. The summed E-state index contributed by atoms with van der Waals surface area (Å²) in [6, 6.07) is -1.04. The fourth-order valence-electron chi connectivity index (χ4n) is 3.20. The van der Waals surface area contributed by atoms with Gasteiger partial charge in [0.2, 0.25) is 21.1 Å². The zero-order valence-electron chi connectivity index (χ0n) is 18.4. The highest BCUT2D eigenvalue weighted by Gasteiger charge is 2.54. The molecule has 3 rings (SSSR count). The molecule has 13 nitrogen and oxygen atoms in total. The van der Waals surface area contributed by atoms with E-state index in [1.54, 1.807) is 0 Å². The topological polar surface area (TPSA) is 176 Å². The number of hydrogen-bond donors (Lipinski definition) is 3. The number of carbonyl (C=O) groups is 3. The molecule has 0 aliphatic carbocycles. The molecule has 1 fully saturated rings. The molecule has 0 spiro atoms. The molecule has 0 aromatic carbocycles. The van der Waals surface area contributed by atoms with Gasteiger partial charge in [-0.3, -0.25) is 14.5 Å². The number of aliphatic carboxylic acids is 1. The second kappa shape index (κ2) is 11.6. The molecule has 2 aliphatic rings. The molecular formula is C16H20F3N7O6S4. The van der Waals surface area contributed by atoms with Crippen LogP contribution < -0.4 is 10.0 Å². The van der Waals surface area contributed by atoms with Crippen LogP contribution >= 0.6 is 35.3 Å². The van der Waals surface area contributed by atoms with Gasteiger partial charge in [-0.05, 0) is 16.0 Å². The number of tetrazole rings is 1. The van der Waals surface area contributed by atoms with Gasteiger partial charge in [0.1, 0.15) is 17.1 Å². The Morgan fingerprint density at radius 2 is 2.06 bits per heavy atom. The van der Waals surface area contributed by atoms with E-state index >= 15 is 0 Å². The number of nitrogens with one attached hydrogen (secondary N) is 2. The quantitative estimate of drug-likeness (QED) is 0.207. The lowest BCUT2D eigenvalue weighted by Crippen LogP contribution is -2.70. The molecule has 1 aromatic rings. The van der Waals surface area contributed by atoms with Gasteiger partial charge in [-0.25, -0.2) is 22.6 Å². The third-order valence-electron chi connectivity index (χ3n) is 4.63. The van der Waals surface area contributed by atoms with Gasteiger partial charge in [0, 0.05) is 18.1 Å². The lowest BCUT2D eigenvalue weighted by molar-refractivity contribution is -0.150. The lowest BCUT2D eigenvalue weighted by Gasteiger charge is -2.49. The standard InChI is InChI=1S/C16H20F3N7O6S4/c1-36(31,32)20-2-3-25-15(22-23-24-25)35-5-8-4-34-13-10(12(28)26(13)11(8)14(29)30)21-9(27)6-33-7-16(17,18)19/h10,13,20H,2-7H2,1H3,(H,21,27)(H,29,30)/t10-,13-/m1/s1. The van der Waals surface area contributed by atoms with Crippen LogP contribution in [0.4, 0.5) is 13.2 Å². The van der Waals surface area contributed by atoms with E-state index in [4.69, 9.17) is 0 Å². The fourth-order valence-corrected chi connectivity index (χ4v) is 6.65. The summed E-state index contributed by atoms with van der Waals surface area (Å²) in [5.74, 6) is -4.11. The maximum absolute atomic E-state index is 12.6. The minimum Gasteiger partial charge on any atom is -0.477 e. The first-order valence-electron chi connectivity index (χ1n) is 9.94. The zero-order valence-corrected chi connectivity index (χ0v) is 21.7. The number of carboxylic acids is 1. The molecular weight excluding hydrogens is 571 g/mol. The molecule has 0 radical (unpaired) electrons. The second-order valence-corrected chi connectivity index (χ2v) is 12.3. The van der Waals surface area contributed by atoms with Gasteiger partial charge < -0.3 is 10.4 Å². The van der Waals surface area contributed by atoms with Gasteiger partial charge in [-0.2, -0.15) is 13.2 Å². The van der Waals surface area contributed by atoms with Gasteiger partial charge >= 0.3 is 12.1 Å². The van der Waals surface area contributed by atoms with E-state index in [1.165, 1.54) is 16.4 Å². The summed E-state index contributed by atoms with van der Waals surface area (Å²) in [6.45, 7) is 0.180. The van der Waals surface area contributed by atoms with Crippen LogP contribution in [0.2, 0.25) is 0 Å². The molecule has 0 unspecified atom stereocenters. The number of β-lactam (4-membered cyclic amide) rings is 1. The van der Waals surface area contributed by atoms with Crippen molar-refractivity contribution in [2.24, 2.45) is 0 Å². The Morgan fingerprint density at radius 1 is 1.33 bits per heavy atom. The summed E-state index contributed by atoms with van der Waals surface area (Å²) in [6.07, 6.45) is -3.41. The number of halogens is 3. The molecule has 1 saturated heterocycles. The number of nitrogens with zero attached hydrogens (tertiary/aromatic N) is 5. The minimum atomic E-state index is -4.42. The van der Waals surface area contributed by atoms with Crippen molar-refractivity contribution in [2.45, 2.75) is 29.3 Å². The third kappa shape index (κ3) is 7.49. The number of alkyl halides is 3. The Hall–Kier alpha value is -2.03. The number of fused-ring (bicyclic) bond motifs is 1. The molecule has 200 valence electrons. The molecule has 20 heteroatoms. The third-order valence-corrected chi connectivity index (χ3v) is 8.74. The van der Waals surface area contributed by atoms with Crippen LogP contribution in [-0.2, 0) is 31.0 Å². The maximum Gasteiger partial charge on any atom is 0.397 e. The van der Waals surface area contributed by atoms with E-state index in [0.717, 1.165) is 22.9 Å². The summed E-state index contributed by atoms with van der Waals surface area (Å²) < 4.78 is 62.8. The van der Waals surface area contributed by atoms with Crippen molar-refractivity contribution < 1.29 is 41.1 Å². The average Bonchev–Trinajstić information content (AvgIpc) is 3.20. The average molecular weight is 592 g/mol. The van der Waals surface area contributed by atoms with E-state index in [1.807, 2.05) is 0 Å². The zero-order chi connectivity index (χ0) is 26.7. The summed E-state index contributed by atoms with van der Waals surface area (Å²) in [4.78, 5) is 37.6. The Kier molecular flexibility index (Phi) is 9.17. The summed E-state index contributed by atoms with van der Waals surface area (Å²) in [5, 5.41) is 22.9. The number of carboxylic acid groups (broad SMARTS) is 1. The molecule has 2 atom stereocenters. The van der Waals surface area contributed by atoms with Crippen LogP contribution in [0.3, 0.4) is 0 Å². The smallest absolute Gasteiger partial charge is 0.397 e. The molecule has 3 heterocycles. The summed E-state index contributed by atoms with van der Waals surface area (Å²) in [5.41, 5.74) is 0.183. The highest BCUT2D eigenvalue weighted by Crippen LogP contribution is 2.41. The number of amides is 2. The highest BCUT2D eigenvalue weighted by molar-refractivity contribution is 8.01. The Labute approximate surface area is 215 Å². The maximum atomic E-state index is 12.6. The van der Waals surface area contributed by atoms with E-state index in [2.05, 4.69) is 25.6 Å². The van der Waals surface area contributed by atoms with Crippen molar-refractivity contribution in [2.75, 3.05) is 35.8 Å². The minimum absolute atomic E-state index is 0.0438. The van der Waals surface area contributed by atoms with E-state index in [0.29, 0.717) is 22.5 Å². The van der Waals surface area contributed by atoms with Crippen LogP contribution in [0.1, 0.15) is 0 Å². The first-order valence-corrected chi connectivity index (χ1v) is 15.0. The number of rotatable bonds is 12. The van der Waals surface area contributed by atoms with Crippen LogP contribution in [0.15, 0.2) is 16.4 Å². The van der Waals surface area contributed by atoms with Crippen molar-refractivity contribution in [1.82, 2.24) is 35.1 Å². The SMILES string of the molecule is CS(=O)(=O)NCCn1nnnc1SCC1=C(C(=O)O)N2C(=O)[C@@H](NC(=O)CSCC(F)(F)F)[C@H]2SC1.